The van der Waals surface area contributed by atoms with Crippen molar-refractivity contribution in [2.75, 3.05) is 0 Å². The summed E-state index contributed by atoms with van der Waals surface area (Å²) in [6.45, 7) is 0. The summed E-state index contributed by atoms with van der Waals surface area (Å²) >= 11 is 0. The molecule has 0 aliphatic rings. The molecule has 58 heavy (non-hydrogen) atoms. The molecule has 0 atom stereocenters. The first kappa shape index (κ1) is 32.4. The fourth-order valence-corrected chi connectivity index (χ4v) is 8.75. The molecule has 9 aromatic carbocycles. The fourth-order valence-electron chi connectivity index (χ4n) is 8.75. The first-order valence-electron chi connectivity index (χ1n) is 19.5. The molecule has 5 nitrogen and oxygen atoms in total. The molecule has 270 valence electrons. The van der Waals surface area contributed by atoms with Crippen LogP contribution in [0.1, 0.15) is 0 Å². The predicted molar refractivity (Wildman–Crippen MR) is 238 cm³/mol. The molecule has 5 heteroatoms. The second-order valence-electron chi connectivity index (χ2n) is 14.8. The summed E-state index contributed by atoms with van der Waals surface area (Å²) in [5, 5.41) is 9.49. The smallest absolute Gasteiger partial charge is 0.164 e. The summed E-state index contributed by atoms with van der Waals surface area (Å²) in [4.78, 5) is 15.0. The molecule has 0 saturated carbocycles. The lowest BCUT2D eigenvalue weighted by Gasteiger charge is -2.15. The Morgan fingerprint density at radius 3 is 1.62 bits per heavy atom. The van der Waals surface area contributed by atoms with Crippen molar-refractivity contribution in [3.05, 3.63) is 194 Å². The van der Waals surface area contributed by atoms with Gasteiger partial charge in [-0.2, -0.15) is 0 Å². The molecule has 0 unspecified atom stereocenters. The van der Waals surface area contributed by atoms with E-state index in [9.17, 15) is 0 Å². The lowest BCUT2D eigenvalue weighted by atomic mass is 9.93. The van der Waals surface area contributed by atoms with Crippen molar-refractivity contribution in [2.45, 2.75) is 0 Å². The van der Waals surface area contributed by atoms with Crippen LogP contribution in [0.2, 0.25) is 0 Å². The highest BCUT2D eigenvalue weighted by Gasteiger charge is 2.22. The third-order valence-corrected chi connectivity index (χ3v) is 11.4. The first-order chi connectivity index (χ1) is 28.7. The Balaban J connectivity index is 1.12. The molecule has 3 aromatic heterocycles. The van der Waals surface area contributed by atoms with E-state index < -0.39 is 0 Å². The predicted octanol–water partition coefficient (Wildman–Crippen LogP) is 13.8. The number of benzene rings is 9. The Bertz CT molecular complexity index is 3490. The van der Waals surface area contributed by atoms with E-state index in [1.807, 2.05) is 72.8 Å². The van der Waals surface area contributed by atoms with Gasteiger partial charge in [-0.15, -0.1) is 0 Å². The maximum Gasteiger partial charge on any atom is 0.164 e. The molecule has 12 aromatic rings. The molecule has 0 aliphatic heterocycles. The Hall–Kier alpha value is -7.89. The summed E-state index contributed by atoms with van der Waals surface area (Å²) in [5.74, 6) is 1.91. The molecular weight excluding hydrogens is 709 g/mol. The molecule has 0 spiro atoms. The van der Waals surface area contributed by atoms with Gasteiger partial charge in [-0.3, -0.25) is 0 Å². The number of nitrogens with zero attached hydrogens (tertiary/aromatic N) is 4. The summed E-state index contributed by atoms with van der Waals surface area (Å²) in [6.07, 6.45) is 0. The van der Waals surface area contributed by atoms with Crippen molar-refractivity contribution >= 4 is 65.3 Å². The van der Waals surface area contributed by atoms with Crippen LogP contribution in [-0.4, -0.2) is 19.5 Å². The number of hydrogen-bond acceptors (Lipinski definition) is 4. The number of rotatable bonds is 5. The third kappa shape index (κ3) is 5.07. The summed E-state index contributed by atoms with van der Waals surface area (Å²) < 4.78 is 8.74. The van der Waals surface area contributed by atoms with Gasteiger partial charge in [0, 0.05) is 49.5 Å². The van der Waals surface area contributed by atoms with Crippen LogP contribution in [0.25, 0.3) is 116 Å². The molecule has 0 fully saturated rings. The van der Waals surface area contributed by atoms with E-state index in [-0.39, 0.29) is 0 Å². The summed E-state index contributed by atoms with van der Waals surface area (Å²) in [7, 11) is 0. The molecule has 0 bridgehead atoms. The van der Waals surface area contributed by atoms with Crippen molar-refractivity contribution in [3.8, 4) is 51.0 Å². The van der Waals surface area contributed by atoms with Crippen LogP contribution in [0.4, 0.5) is 0 Å². The minimum atomic E-state index is 0.625. The van der Waals surface area contributed by atoms with Crippen LogP contribution in [0.5, 0.6) is 0 Å². The lowest BCUT2D eigenvalue weighted by Crippen LogP contribution is -2.00. The molecule has 12 rings (SSSR count). The zero-order valence-electron chi connectivity index (χ0n) is 31.2. The van der Waals surface area contributed by atoms with Crippen molar-refractivity contribution in [3.63, 3.8) is 0 Å². The Labute approximate surface area is 333 Å². The highest BCUT2D eigenvalue weighted by molar-refractivity contribution is 6.27. The Morgan fingerprint density at radius 2 is 0.914 bits per heavy atom. The Kier molecular flexibility index (Phi) is 7.16. The van der Waals surface area contributed by atoms with E-state index in [4.69, 9.17) is 19.4 Å². The molecule has 0 saturated heterocycles. The Morgan fingerprint density at radius 1 is 0.362 bits per heavy atom. The molecule has 3 heterocycles. The second kappa shape index (κ2) is 12.8. The highest BCUT2D eigenvalue weighted by Crippen LogP contribution is 2.46. The van der Waals surface area contributed by atoms with E-state index in [0.717, 1.165) is 60.9 Å². The molecule has 0 N–H and O–H groups in total. The van der Waals surface area contributed by atoms with Crippen LogP contribution in [-0.2, 0) is 0 Å². The topological polar surface area (TPSA) is 56.7 Å². The third-order valence-electron chi connectivity index (χ3n) is 11.4. The molecule has 0 radical (unpaired) electrons. The van der Waals surface area contributed by atoms with E-state index in [1.165, 1.54) is 37.9 Å². The maximum absolute atomic E-state index is 6.30. The van der Waals surface area contributed by atoms with Crippen molar-refractivity contribution in [1.29, 1.82) is 0 Å². The number of hydrogen-bond donors (Lipinski definition) is 0. The van der Waals surface area contributed by atoms with E-state index in [1.54, 1.807) is 0 Å². The largest absolute Gasteiger partial charge is 0.456 e. The van der Waals surface area contributed by atoms with Gasteiger partial charge >= 0.3 is 0 Å². The average molecular weight is 741 g/mol. The highest BCUT2D eigenvalue weighted by atomic mass is 16.3. The van der Waals surface area contributed by atoms with Gasteiger partial charge in [0.05, 0.1) is 11.0 Å². The summed E-state index contributed by atoms with van der Waals surface area (Å²) in [6, 6.07) is 68.2. The molecule has 0 aliphatic carbocycles. The lowest BCUT2D eigenvalue weighted by molar-refractivity contribution is 0.669. The van der Waals surface area contributed by atoms with Crippen molar-refractivity contribution in [2.24, 2.45) is 0 Å². The zero-order valence-corrected chi connectivity index (χ0v) is 31.2. The van der Waals surface area contributed by atoms with Gasteiger partial charge < -0.3 is 8.98 Å². The van der Waals surface area contributed by atoms with Gasteiger partial charge in [-0.05, 0) is 81.7 Å². The first-order valence-corrected chi connectivity index (χ1v) is 19.5. The van der Waals surface area contributed by atoms with Gasteiger partial charge in [0.2, 0.25) is 0 Å². The van der Waals surface area contributed by atoms with E-state index in [0.29, 0.717) is 17.5 Å². The van der Waals surface area contributed by atoms with Gasteiger partial charge in [0.25, 0.3) is 0 Å². The van der Waals surface area contributed by atoms with E-state index >= 15 is 0 Å². The average Bonchev–Trinajstić information content (AvgIpc) is 3.84. The van der Waals surface area contributed by atoms with Gasteiger partial charge in [-0.25, -0.2) is 15.0 Å². The van der Waals surface area contributed by atoms with Crippen LogP contribution < -0.4 is 0 Å². The van der Waals surface area contributed by atoms with E-state index in [2.05, 4.69) is 126 Å². The van der Waals surface area contributed by atoms with Crippen LogP contribution in [0.15, 0.2) is 199 Å². The SMILES string of the molecule is c1ccc(-c2nc(-c3ccccc3)nc(-c3ccc(-n4c5ccc6ccccc6c5c5cc6ccccc6c(-c6ccc7oc8ccccc8c7c6)c54)cc3)n2)cc1. The fraction of sp³-hybridized carbons (Fsp3) is 0. The molecule has 0 amide bonds. The minimum Gasteiger partial charge on any atom is -0.456 e. The van der Waals surface area contributed by atoms with Crippen molar-refractivity contribution in [1.82, 2.24) is 19.5 Å². The van der Waals surface area contributed by atoms with Gasteiger partial charge in [-0.1, -0.05) is 140 Å². The number of para-hydroxylation sites is 1. The monoisotopic (exact) mass is 740 g/mol. The minimum absolute atomic E-state index is 0.625. The van der Waals surface area contributed by atoms with Crippen LogP contribution >= 0.6 is 0 Å². The summed E-state index contributed by atoms with van der Waals surface area (Å²) in [5.41, 5.74) is 10.2. The number of furan rings is 1. The van der Waals surface area contributed by atoms with Crippen molar-refractivity contribution < 1.29 is 4.42 Å². The normalized spacial score (nSPS) is 11.8. The van der Waals surface area contributed by atoms with Gasteiger partial charge in [0.15, 0.2) is 17.5 Å². The second-order valence-corrected chi connectivity index (χ2v) is 14.8. The van der Waals surface area contributed by atoms with Gasteiger partial charge in [0.1, 0.15) is 11.2 Å². The quantitative estimate of drug-likeness (QED) is 0.176. The zero-order chi connectivity index (χ0) is 38.2. The number of aromatic nitrogens is 4. The molecular formula is C53H32N4O. The van der Waals surface area contributed by atoms with Crippen LogP contribution in [0, 0.1) is 0 Å². The maximum atomic E-state index is 6.30. The van der Waals surface area contributed by atoms with Crippen LogP contribution in [0.3, 0.4) is 0 Å². The standard InChI is InChI=1S/C53H32N4O/c1-3-14-34(15-4-1)51-54-52(35-16-5-2-6-17-35)56-53(55-51)36-23-27-39(28-24-36)57-45-29-25-33-13-7-9-19-40(33)49(45)44-31-37-18-8-10-20-41(37)48(50(44)57)38-26-30-47-43(32-38)42-21-11-12-22-46(42)58-47/h1-32H. The number of fused-ring (bicyclic) bond motifs is 9.